The summed E-state index contributed by atoms with van der Waals surface area (Å²) in [6.45, 7) is 12.6. The van der Waals surface area contributed by atoms with E-state index in [-0.39, 0.29) is 30.3 Å². The molecule has 0 fully saturated rings. The second-order valence-electron chi connectivity index (χ2n) is 19.7. The van der Waals surface area contributed by atoms with Crippen LogP contribution in [0.1, 0.15) is 285 Å². The summed E-state index contributed by atoms with van der Waals surface area (Å²) in [5.41, 5.74) is 0. The van der Waals surface area contributed by atoms with Gasteiger partial charge in [0.05, 0.1) is 12.4 Å². The zero-order valence-electron chi connectivity index (χ0n) is 43.0. The van der Waals surface area contributed by atoms with Crippen LogP contribution >= 0.6 is 0 Å². The smallest absolute Gasteiger partial charge is 0.306 e. The van der Waals surface area contributed by atoms with Crippen LogP contribution in [0, 0.1) is 0 Å². The molecule has 8 heteroatoms. The number of unbranched alkanes of at least 4 members (excludes halogenated alkanes) is 26. The Morgan fingerprint density at radius 1 is 0.484 bits per heavy atom. The fourth-order valence-corrected chi connectivity index (χ4v) is 9.16. The van der Waals surface area contributed by atoms with E-state index in [2.05, 4.69) is 42.1 Å². The molecular formula is C56H107N3O5. The Bertz CT molecular complexity index is 1080. The number of carbonyl (C=O) groups is 2. The fraction of sp³-hybridized carbons (Fsp3) is 0.911. The van der Waals surface area contributed by atoms with Crippen molar-refractivity contribution < 1.29 is 24.2 Å². The summed E-state index contributed by atoms with van der Waals surface area (Å²) in [5.74, 6) is -0.0241. The van der Waals surface area contributed by atoms with Crippen LogP contribution in [0.25, 0.3) is 0 Å². The number of hydrogen-bond donors (Lipinski definition) is 1. The Morgan fingerprint density at radius 2 is 0.844 bits per heavy atom. The van der Waals surface area contributed by atoms with Crippen molar-refractivity contribution in [3.63, 3.8) is 0 Å². The van der Waals surface area contributed by atoms with Gasteiger partial charge in [-0.2, -0.15) is 0 Å². The van der Waals surface area contributed by atoms with Crippen molar-refractivity contribution in [2.45, 2.75) is 309 Å². The van der Waals surface area contributed by atoms with Gasteiger partial charge < -0.3 is 24.0 Å². The van der Waals surface area contributed by atoms with Gasteiger partial charge in [-0.05, 0) is 96.6 Å². The first-order valence-electron chi connectivity index (χ1n) is 28.2. The van der Waals surface area contributed by atoms with Gasteiger partial charge in [0, 0.05) is 38.3 Å². The number of esters is 2. The topological polar surface area (TPSA) is 93.9 Å². The molecule has 0 aliphatic heterocycles. The largest absolute Gasteiger partial charge is 0.462 e. The number of aliphatic hydroxyl groups is 1. The maximum Gasteiger partial charge on any atom is 0.306 e. The van der Waals surface area contributed by atoms with Gasteiger partial charge >= 0.3 is 11.9 Å². The number of aliphatic hydroxyl groups excluding tert-OH is 1. The Morgan fingerprint density at radius 3 is 1.27 bits per heavy atom. The van der Waals surface area contributed by atoms with Crippen LogP contribution in [0.4, 0.5) is 0 Å². The quantitative estimate of drug-likeness (QED) is 0.0514. The third-order valence-electron chi connectivity index (χ3n) is 13.3. The van der Waals surface area contributed by atoms with E-state index in [0.717, 1.165) is 122 Å². The molecule has 376 valence electrons. The summed E-state index contributed by atoms with van der Waals surface area (Å²) in [6.07, 6.45) is 50.9. The molecule has 0 aliphatic rings. The molecule has 0 unspecified atom stereocenters. The minimum absolute atomic E-state index is 0.00574. The molecule has 0 aliphatic carbocycles. The van der Waals surface area contributed by atoms with Crippen LogP contribution in [0.5, 0.6) is 0 Å². The lowest BCUT2D eigenvalue weighted by molar-refractivity contribution is -0.151. The normalized spacial score (nSPS) is 12.2. The maximum absolute atomic E-state index is 12.9. The lowest BCUT2D eigenvalue weighted by Gasteiger charge is -2.25. The zero-order chi connectivity index (χ0) is 46.4. The number of imidazole rings is 1. The number of carbonyl (C=O) groups excluding carboxylic acids is 2. The number of rotatable bonds is 50. The van der Waals surface area contributed by atoms with Crippen LogP contribution in [0.2, 0.25) is 0 Å². The molecular weight excluding hydrogens is 795 g/mol. The van der Waals surface area contributed by atoms with Crippen molar-refractivity contribution in [2.24, 2.45) is 0 Å². The molecule has 0 saturated heterocycles. The highest BCUT2D eigenvalue weighted by Crippen LogP contribution is 2.20. The highest BCUT2D eigenvalue weighted by molar-refractivity contribution is 5.69. The molecule has 0 radical (unpaired) electrons. The summed E-state index contributed by atoms with van der Waals surface area (Å²) in [5, 5.41) is 11.1. The van der Waals surface area contributed by atoms with Crippen LogP contribution in [-0.2, 0) is 25.6 Å². The van der Waals surface area contributed by atoms with Crippen LogP contribution in [0.3, 0.4) is 0 Å². The Hall–Kier alpha value is -1.93. The molecule has 0 aromatic carbocycles. The molecule has 1 N–H and O–H groups in total. The third-order valence-corrected chi connectivity index (χ3v) is 13.3. The summed E-state index contributed by atoms with van der Waals surface area (Å²) in [4.78, 5) is 32.4. The van der Waals surface area contributed by atoms with Gasteiger partial charge in [-0.3, -0.25) is 9.59 Å². The minimum atomic E-state index is -0.365. The van der Waals surface area contributed by atoms with Crippen LogP contribution < -0.4 is 0 Å². The summed E-state index contributed by atoms with van der Waals surface area (Å²) >= 11 is 0. The van der Waals surface area contributed by atoms with Gasteiger partial charge in [0.2, 0.25) is 0 Å². The summed E-state index contributed by atoms with van der Waals surface area (Å²) < 4.78 is 14.3. The molecule has 1 rings (SSSR count). The number of aromatic nitrogens is 2. The molecule has 0 amide bonds. The molecule has 8 nitrogen and oxygen atoms in total. The van der Waals surface area contributed by atoms with Crippen molar-refractivity contribution in [3.8, 4) is 0 Å². The highest BCUT2D eigenvalue weighted by atomic mass is 16.5. The van der Waals surface area contributed by atoms with Crippen molar-refractivity contribution in [3.05, 3.63) is 18.7 Å². The molecule has 0 saturated carbocycles. The van der Waals surface area contributed by atoms with Crippen molar-refractivity contribution in [1.82, 2.24) is 14.5 Å². The van der Waals surface area contributed by atoms with Gasteiger partial charge in [0.1, 0.15) is 12.2 Å². The van der Waals surface area contributed by atoms with E-state index in [1.165, 1.54) is 141 Å². The summed E-state index contributed by atoms with van der Waals surface area (Å²) in [6, 6.07) is 0. The van der Waals surface area contributed by atoms with E-state index in [0.29, 0.717) is 19.4 Å². The van der Waals surface area contributed by atoms with Crippen LogP contribution in [-0.4, -0.2) is 69.4 Å². The van der Waals surface area contributed by atoms with E-state index < -0.39 is 0 Å². The molecule has 1 atom stereocenters. The first-order chi connectivity index (χ1) is 31.4. The van der Waals surface area contributed by atoms with Gasteiger partial charge in [-0.15, -0.1) is 0 Å². The predicted octanol–water partition coefficient (Wildman–Crippen LogP) is 16.1. The van der Waals surface area contributed by atoms with E-state index in [9.17, 15) is 14.7 Å². The standard InChI is InChI=1S/C56H107N3O5/c1-5-9-13-17-22-30-39-53(40-31-23-18-14-10-6-2)63-55(61)43-34-26-21-27-36-46-58(47-37-48-59-49-45-57-51-59)50-52(60)38-29-28-35-44-56(62)64-54(41-32-24-19-15-11-7-3)42-33-25-20-16-12-8-4/h45,49,51-54,60H,5-44,46-48,50H2,1-4H3/t52-/m0/s1. The molecule has 1 aromatic rings. The first-order valence-corrected chi connectivity index (χ1v) is 28.2. The highest BCUT2D eigenvalue weighted by Gasteiger charge is 2.17. The number of nitrogens with zero attached hydrogens (tertiary/aromatic N) is 3. The molecule has 1 heterocycles. The third kappa shape index (κ3) is 39.3. The zero-order valence-corrected chi connectivity index (χ0v) is 43.0. The van der Waals surface area contributed by atoms with Crippen molar-refractivity contribution >= 4 is 11.9 Å². The first kappa shape index (κ1) is 60.1. The van der Waals surface area contributed by atoms with Gasteiger partial charge in [0.15, 0.2) is 0 Å². The van der Waals surface area contributed by atoms with Gasteiger partial charge in [-0.1, -0.05) is 188 Å². The molecule has 1 aromatic heterocycles. The Kier molecular flexibility index (Phi) is 43.4. The van der Waals surface area contributed by atoms with Gasteiger partial charge in [0.25, 0.3) is 0 Å². The lowest BCUT2D eigenvalue weighted by atomic mass is 10.0. The summed E-state index contributed by atoms with van der Waals surface area (Å²) in [7, 11) is 0. The fourth-order valence-electron chi connectivity index (χ4n) is 9.16. The maximum atomic E-state index is 12.9. The monoisotopic (exact) mass is 902 g/mol. The van der Waals surface area contributed by atoms with Crippen molar-refractivity contribution in [1.29, 1.82) is 0 Å². The minimum Gasteiger partial charge on any atom is -0.462 e. The molecule has 0 bridgehead atoms. The lowest BCUT2D eigenvalue weighted by Crippen LogP contribution is -2.34. The number of aryl methyl sites for hydroxylation is 1. The number of ether oxygens (including phenoxy) is 2. The SMILES string of the molecule is CCCCCCCCC(CCCCCCCC)OC(=O)CCCCCCCN(CCCn1ccnc1)C[C@@H](O)CCCCCC(=O)OC(CCCCCCCC)CCCCCCCC. The predicted molar refractivity (Wildman–Crippen MR) is 272 cm³/mol. The van der Waals surface area contributed by atoms with Gasteiger partial charge in [-0.25, -0.2) is 4.98 Å². The average molecular weight is 902 g/mol. The molecule has 0 spiro atoms. The van der Waals surface area contributed by atoms with E-state index in [4.69, 9.17) is 9.47 Å². The molecule has 64 heavy (non-hydrogen) atoms. The Balaban J connectivity index is 2.42. The Labute approximate surface area is 397 Å². The second-order valence-corrected chi connectivity index (χ2v) is 19.7. The van der Waals surface area contributed by atoms with E-state index >= 15 is 0 Å². The van der Waals surface area contributed by atoms with E-state index in [1.807, 2.05) is 18.7 Å². The van der Waals surface area contributed by atoms with Crippen LogP contribution in [0.15, 0.2) is 18.7 Å². The number of hydrogen-bond acceptors (Lipinski definition) is 7. The average Bonchev–Trinajstić information content (AvgIpc) is 3.81. The van der Waals surface area contributed by atoms with Crippen molar-refractivity contribution in [2.75, 3.05) is 19.6 Å². The van der Waals surface area contributed by atoms with E-state index in [1.54, 1.807) is 0 Å². The second kappa shape index (κ2) is 46.2.